The van der Waals surface area contributed by atoms with Gasteiger partial charge in [0, 0.05) is 5.92 Å². The Hall–Kier alpha value is -5.44. The standard InChI is InChI=1S/C48H38N4.ClH.Cr/c1-29-5-13-33(14-6-29)45-37-21-23-39(49-37)46(34-15-7-30(2)8-16-34)41-25-27-43(51-41)48(36-19-11-32(4)12-20-36)44-28-26-42(52-44)47(40-24-22-38(45)50-40)35-17-9-31(3)10-18-35;;/h5-28,37,45H,1-4H3;1H;/q-2;;+3/p-1/b46-41-,47-42-,48-43-;;. The van der Waals surface area contributed by atoms with E-state index >= 15 is 0 Å². The maximum absolute atomic E-state index is 5.49. The number of hydrogen-bond donors (Lipinski definition) is 0. The Morgan fingerprint density at radius 1 is 0.500 bits per heavy atom. The van der Waals surface area contributed by atoms with Crippen molar-refractivity contribution < 1.29 is 15.4 Å². The summed E-state index contributed by atoms with van der Waals surface area (Å²) in [7, 11) is 4.51. The molecule has 263 valence electrons. The van der Waals surface area contributed by atoms with Gasteiger partial charge < -0.3 is 9.97 Å². The fourth-order valence-electron chi connectivity index (χ4n) is 7.50. The molecule has 4 nitrogen and oxygen atoms in total. The number of halogens is 1. The normalized spacial score (nSPS) is 20.7. The summed E-state index contributed by atoms with van der Waals surface area (Å²) in [6.07, 6.45) is 8.68. The molecule has 3 aliphatic heterocycles. The molecular formula is C48H38ClCrN4. The summed E-state index contributed by atoms with van der Waals surface area (Å²) in [5.74, 6) is -0.0811. The third kappa shape index (κ3) is 6.88. The Bertz CT molecular complexity index is 2630. The minimum absolute atomic E-state index is 0.0811. The van der Waals surface area contributed by atoms with Gasteiger partial charge in [-0.2, -0.15) is 0 Å². The van der Waals surface area contributed by atoms with Crippen molar-refractivity contribution in [2.75, 3.05) is 0 Å². The van der Waals surface area contributed by atoms with E-state index < -0.39 is 0 Å². The first-order chi connectivity index (χ1) is 26.4. The predicted molar refractivity (Wildman–Crippen MR) is 219 cm³/mol. The van der Waals surface area contributed by atoms with Crippen molar-refractivity contribution in [3.8, 4) is 0 Å². The Labute approximate surface area is 329 Å². The fourth-order valence-corrected chi connectivity index (χ4v) is 7.50. The number of fused-ring (bicyclic) bond motifs is 6. The van der Waals surface area contributed by atoms with Crippen molar-refractivity contribution in [3.63, 3.8) is 0 Å². The molecule has 0 radical (unpaired) electrons. The molecule has 5 heterocycles. The Kier molecular flexibility index (Phi) is 9.97. The number of nitrogens with zero attached hydrogens (tertiary/aromatic N) is 4. The number of benzene rings is 4. The number of aromatic nitrogens is 2. The second kappa shape index (κ2) is 15.1. The molecule has 0 N–H and O–H groups in total. The molecule has 54 heavy (non-hydrogen) atoms. The zero-order valence-corrected chi connectivity index (χ0v) is 32.6. The first-order valence-corrected chi connectivity index (χ1v) is 19.9. The zero-order chi connectivity index (χ0) is 37.3. The fraction of sp³-hybridized carbons (Fsp3) is 0.125. The van der Waals surface area contributed by atoms with Crippen LogP contribution in [0, 0.1) is 27.7 Å². The summed E-state index contributed by atoms with van der Waals surface area (Å²) < 4.78 is 0. The van der Waals surface area contributed by atoms with Gasteiger partial charge in [-0.05, 0) is 84.9 Å². The molecule has 3 aliphatic rings. The van der Waals surface area contributed by atoms with Crippen molar-refractivity contribution in [3.05, 3.63) is 218 Å². The zero-order valence-electron chi connectivity index (χ0n) is 30.6. The maximum atomic E-state index is 5.49. The summed E-state index contributed by atoms with van der Waals surface area (Å²) in [6, 6.07) is 43.3. The molecule has 2 aromatic heterocycles. The number of aryl methyl sites for hydroxylation is 4. The molecule has 9 rings (SSSR count). The van der Waals surface area contributed by atoms with E-state index in [1.807, 2.05) is 0 Å². The SMILES string of the molecule is Cc1ccc(/C2=C3\C=CC(=N3)/C(c3ccc(C)cc3)=c3/cc/c([n-]3)=C(\c3ccc(C)cc3)C3=NC(C=C3)C(c3ccc(C)cc3)c3ccc2[n-]3)cc1.[Cl][Cr+2]. The van der Waals surface area contributed by atoms with Crippen LogP contribution in [0.5, 0.6) is 0 Å². The van der Waals surface area contributed by atoms with Crippen LogP contribution in [0.2, 0.25) is 0 Å². The van der Waals surface area contributed by atoms with Gasteiger partial charge in [0.1, 0.15) is 0 Å². The van der Waals surface area contributed by atoms with Crippen LogP contribution in [0.4, 0.5) is 0 Å². The molecule has 8 bridgehead atoms. The van der Waals surface area contributed by atoms with E-state index in [1.165, 1.54) is 27.8 Å². The molecule has 0 fully saturated rings. The summed E-state index contributed by atoms with van der Waals surface area (Å²) in [6.45, 7) is 8.48. The van der Waals surface area contributed by atoms with Crippen LogP contribution in [0.1, 0.15) is 61.8 Å². The van der Waals surface area contributed by atoms with E-state index in [0.717, 1.165) is 72.6 Å². The molecule has 4 aromatic carbocycles. The summed E-state index contributed by atoms with van der Waals surface area (Å²) in [4.78, 5) is 21.7. The van der Waals surface area contributed by atoms with Gasteiger partial charge in [-0.25, -0.2) is 4.99 Å². The van der Waals surface area contributed by atoms with Gasteiger partial charge in [-0.3, -0.25) is 4.99 Å². The summed E-state index contributed by atoms with van der Waals surface area (Å²) in [5.41, 5.74) is 16.9. The van der Waals surface area contributed by atoms with Crippen LogP contribution >= 0.6 is 10.0 Å². The van der Waals surface area contributed by atoms with Gasteiger partial charge in [0.2, 0.25) is 0 Å². The van der Waals surface area contributed by atoms with Crippen molar-refractivity contribution >= 4 is 38.2 Å². The molecule has 2 atom stereocenters. The molecule has 0 amide bonds. The van der Waals surface area contributed by atoms with E-state index in [-0.39, 0.29) is 12.0 Å². The molecule has 6 heteroatoms. The van der Waals surface area contributed by atoms with Crippen molar-refractivity contribution in [2.24, 2.45) is 9.98 Å². The van der Waals surface area contributed by atoms with E-state index in [0.29, 0.717) is 0 Å². The van der Waals surface area contributed by atoms with Crippen molar-refractivity contribution in [1.82, 2.24) is 9.97 Å². The topological polar surface area (TPSA) is 52.9 Å². The molecular weight excluding hydrogens is 720 g/mol. The molecule has 0 saturated heterocycles. The molecule has 0 spiro atoms. The second-order valence-corrected chi connectivity index (χ2v) is 14.2. The molecule has 0 saturated carbocycles. The van der Waals surface area contributed by atoms with Gasteiger partial charge in [0.15, 0.2) is 0 Å². The van der Waals surface area contributed by atoms with Gasteiger partial charge in [-0.15, -0.1) is 22.1 Å². The first-order valence-electron chi connectivity index (χ1n) is 18.1. The third-order valence-corrected chi connectivity index (χ3v) is 10.3. The average Bonchev–Trinajstić information content (AvgIpc) is 4.03. The molecule has 2 unspecified atom stereocenters. The predicted octanol–water partition coefficient (Wildman–Crippen LogP) is 8.91. The van der Waals surface area contributed by atoms with Gasteiger partial charge in [0.05, 0.1) is 23.2 Å². The van der Waals surface area contributed by atoms with Crippen LogP contribution in [0.25, 0.3) is 16.7 Å². The number of hydrogen-bond acceptors (Lipinski definition) is 2. The van der Waals surface area contributed by atoms with E-state index in [1.54, 1.807) is 0 Å². The molecule has 0 aliphatic carbocycles. The van der Waals surface area contributed by atoms with Crippen LogP contribution in [0.15, 0.2) is 161 Å². The van der Waals surface area contributed by atoms with Gasteiger partial charge in [-0.1, -0.05) is 150 Å². The van der Waals surface area contributed by atoms with E-state index in [9.17, 15) is 0 Å². The molecule has 6 aromatic rings. The van der Waals surface area contributed by atoms with Gasteiger partial charge in [0.25, 0.3) is 0 Å². The van der Waals surface area contributed by atoms with Crippen LogP contribution < -0.4 is 20.7 Å². The number of rotatable bonds is 4. The van der Waals surface area contributed by atoms with Crippen molar-refractivity contribution in [2.45, 2.75) is 39.7 Å². The minimum atomic E-state index is -0.149. The van der Waals surface area contributed by atoms with E-state index in [2.05, 4.69) is 199 Å². The van der Waals surface area contributed by atoms with Crippen LogP contribution in [-0.2, 0) is 15.4 Å². The Balaban J connectivity index is 0.00000203. The van der Waals surface area contributed by atoms with Gasteiger partial charge >= 0.3 is 25.4 Å². The Morgan fingerprint density at radius 2 is 1.00 bits per heavy atom. The average molecular weight is 758 g/mol. The second-order valence-electron chi connectivity index (χ2n) is 14.2. The quantitative estimate of drug-likeness (QED) is 0.181. The third-order valence-electron chi connectivity index (χ3n) is 10.3. The first kappa shape index (κ1) is 35.6. The van der Waals surface area contributed by atoms with E-state index in [4.69, 9.17) is 20.0 Å². The van der Waals surface area contributed by atoms with Crippen LogP contribution in [0.3, 0.4) is 0 Å². The number of aliphatic imine (C=N–C) groups is 2. The summed E-state index contributed by atoms with van der Waals surface area (Å²) >= 11 is 2.10. The monoisotopic (exact) mass is 757 g/mol. The van der Waals surface area contributed by atoms with Crippen molar-refractivity contribution in [1.29, 1.82) is 0 Å². The summed E-state index contributed by atoms with van der Waals surface area (Å²) in [5, 5.41) is 1.77. The number of allylic oxidation sites excluding steroid dienone is 3. The van der Waals surface area contributed by atoms with Crippen LogP contribution in [-0.4, -0.2) is 17.5 Å². The Morgan fingerprint density at radius 3 is 1.56 bits per heavy atom.